The zero-order valence-corrected chi connectivity index (χ0v) is 15.1. The Hall–Kier alpha value is 0.0300. The van der Waals surface area contributed by atoms with Crippen LogP contribution in [0.3, 0.4) is 0 Å². The van der Waals surface area contributed by atoms with Gasteiger partial charge in [-0.25, -0.2) is 0 Å². The first-order valence-corrected chi connectivity index (χ1v) is 7.93. The lowest BCUT2D eigenvalue weighted by Gasteiger charge is -2.32. The summed E-state index contributed by atoms with van der Waals surface area (Å²) in [5.41, 5.74) is 1.47. The lowest BCUT2D eigenvalue weighted by molar-refractivity contribution is 0.0899. The third kappa shape index (κ3) is 7.73. The lowest BCUT2D eigenvalue weighted by Crippen LogP contribution is -2.46. The number of fused-ring (bicyclic) bond motifs is 2. The van der Waals surface area contributed by atoms with Crippen molar-refractivity contribution >= 4 is 36.6 Å². The fourth-order valence-corrected chi connectivity index (χ4v) is 3.22. The molecule has 2 bridgehead atoms. The molecule has 1 aromatic carbocycles. The predicted molar refractivity (Wildman–Crippen MR) is 96.1 cm³/mol. The number of hydrogen-bond acceptors (Lipinski definition) is 4. The summed E-state index contributed by atoms with van der Waals surface area (Å²) in [5.74, 6) is 1.18. The first-order valence-electron chi connectivity index (χ1n) is 6.94. The molecule has 3 nitrogen and oxygen atoms in total. The van der Waals surface area contributed by atoms with Crippen LogP contribution in [0.4, 0.5) is 0 Å². The molecule has 1 unspecified atom stereocenters. The largest absolute Gasteiger partial charge is 0.392 e. The minimum atomic E-state index is -0.182. The maximum Gasteiger partial charge on any atom is 0.0639 e. The van der Waals surface area contributed by atoms with Crippen molar-refractivity contribution in [1.29, 1.82) is 0 Å². The summed E-state index contributed by atoms with van der Waals surface area (Å²) in [7, 11) is 2.14. The second kappa shape index (κ2) is 10.7. The van der Waals surface area contributed by atoms with Crippen LogP contribution in [0.5, 0.6) is 0 Å². The third-order valence-corrected chi connectivity index (χ3v) is 4.49. The van der Waals surface area contributed by atoms with Gasteiger partial charge in [0.05, 0.1) is 6.10 Å². The van der Waals surface area contributed by atoms with Crippen molar-refractivity contribution < 1.29 is 5.11 Å². The minimum Gasteiger partial charge on any atom is -0.392 e. The average Bonchev–Trinajstić information content (AvgIpc) is 2.71. The van der Waals surface area contributed by atoms with Crippen molar-refractivity contribution in [2.45, 2.75) is 23.7 Å². The van der Waals surface area contributed by atoms with Crippen LogP contribution in [0.1, 0.15) is 12.5 Å². The maximum atomic E-state index is 9.12. The summed E-state index contributed by atoms with van der Waals surface area (Å²) in [6.07, 6.45) is -0.182. The highest BCUT2D eigenvalue weighted by atomic mass is 35.5. The summed E-state index contributed by atoms with van der Waals surface area (Å²) < 4.78 is 0. The molecule has 1 aromatic rings. The molecule has 1 atom stereocenters. The number of likely N-dealkylation sites (N-methyl/N-ethyl adjacent to an activating group) is 1. The van der Waals surface area contributed by atoms with Gasteiger partial charge >= 0.3 is 0 Å². The van der Waals surface area contributed by atoms with E-state index in [1.807, 2.05) is 18.7 Å². The summed E-state index contributed by atoms with van der Waals surface area (Å²) in [4.78, 5) is 6.05. The van der Waals surface area contributed by atoms with Gasteiger partial charge in [0, 0.05) is 43.4 Å². The van der Waals surface area contributed by atoms with E-state index in [-0.39, 0.29) is 30.9 Å². The van der Waals surface area contributed by atoms with Gasteiger partial charge in [0.25, 0.3) is 0 Å². The van der Waals surface area contributed by atoms with Crippen LogP contribution in [0.15, 0.2) is 29.2 Å². The molecule has 21 heavy (non-hydrogen) atoms. The summed E-state index contributed by atoms with van der Waals surface area (Å²) in [5, 5.41) is 9.12. The fourth-order valence-electron chi connectivity index (χ4n) is 2.30. The molecule has 0 radical (unpaired) electrons. The second-order valence-corrected chi connectivity index (χ2v) is 6.44. The molecule has 0 aliphatic carbocycles. The second-order valence-electron chi connectivity index (χ2n) is 5.39. The van der Waals surface area contributed by atoms with Crippen molar-refractivity contribution in [1.82, 2.24) is 9.80 Å². The highest BCUT2D eigenvalue weighted by Crippen LogP contribution is 2.30. The smallest absolute Gasteiger partial charge is 0.0639 e. The number of thioether (sulfide) groups is 1. The number of β-amino-alcohol motifs (C(OH)–C–C–N with tert-alkyl or cyclic N) is 1. The normalized spacial score (nSPS) is 18.8. The van der Waals surface area contributed by atoms with Gasteiger partial charge in [0.2, 0.25) is 0 Å². The van der Waals surface area contributed by atoms with Crippen molar-refractivity contribution in [3.63, 3.8) is 0 Å². The number of hydrogen-bond donors (Lipinski definition) is 1. The number of piperazine rings is 1. The van der Waals surface area contributed by atoms with Gasteiger partial charge < -0.3 is 10.0 Å². The maximum absolute atomic E-state index is 9.12. The Balaban J connectivity index is 0.000000358. The molecule has 0 amide bonds. The van der Waals surface area contributed by atoms with E-state index in [1.54, 1.807) is 0 Å². The van der Waals surface area contributed by atoms with Crippen molar-refractivity contribution in [2.75, 3.05) is 39.8 Å². The third-order valence-electron chi connectivity index (χ3n) is 3.42. The van der Waals surface area contributed by atoms with E-state index in [2.05, 4.69) is 41.1 Å². The van der Waals surface area contributed by atoms with Gasteiger partial charge in [-0.1, -0.05) is 12.1 Å². The van der Waals surface area contributed by atoms with Crippen molar-refractivity contribution in [3.05, 3.63) is 29.8 Å². The van der Waals surface area contributed by atoms with E-state index in [1.165, 1.54) is 16.2 Å². The molecule has 2 heterocycles. The SMILES string of the molecule is CC(O)CN1CCN(C)CC1.Cl.Cl.c1cc2cc(c1)SC2. The topological polar surface area (TPSA) is 26.7 Å². The Morgan fingerprint density at radius 3 is 2.38 bits per heavy atom. The van der Waals surface area contributed by atoms with Gasteiger partial charge in [-0.2, -0.15) is 0 Å². The molecule has 122 valence electrons. The minimum absolute atomic E-state index is 0. The highest BCUT2D eigenvalue weighted by Gasteiger charge is 2.14. The van der Waals surface area contributed by atoms with E-state index in [0.29, 0.717) is 0 Å². The quantitative estimate of drug-likeness (QED) is 0.885. The number of halogens is 2. The first kappa shape index (κ1) is 21.0. The standard InChI is InChI=1S/C8H18N2O.C7H6S.2ClH/c1-8(11)7-10-5-3-9(2)4-6-10;1-2-6-4-7(3-1)8-5-6;;/h8,11H,3-7H2,1-2H3;1-4H,5H2;2*1H. The monoisotopic (exact) mass is 352 g/mol. The van der Waals surface area contributed by atoms with Crippen molar-refractivity contribution in [3.8, 4) is 0 Å². The Morgan fingerprint density at radius 1 is 1.19 bits per heavy atom. The van der Waals surface area contributed by atoms with E-state index < -0.39 is 0 Å². The zero-order chi connectivity index (χ0) is 13.7. The molecule has 0 spiro atoms. The molecular formula is C15H26Cl2N2OS. The predicted octanol–water partition coefficient (Wildman–Crippen LogP) is 2.75. The molecule has 0 aromatic heterocycles. The first-order chi connectivity index (χ1) is 9.13. The van der Waals surface area contributed by atoms with Crippen LogP contribution in [0.25, 0.3) is 0 Å². The Morgan fingerprint density at radius 2 is 1.86 bits per heavy atom. The van der Waals surface area contributed by atoms with Crippen molar-refractivity contribution in [2.24, 2.45) is 0 Å². The van der Waals surface area contributed by atoms with Gasteiger partial charge in [-0.15, -0.1) is 36.6 Å². The summed E-state index contributed by atoms with van der Waals surface area (Å²) in [6, 6.07) is 8.68. The van der Waals surface area contributed by atoms with Crippen LogP contribution in [-0.2, 0) is 5.75 Å². The van der Waals surface area contributed by atoms with Crippen LogP contribution in [-0.4, -0.2) is 60.8 Å². The van der Waals surface area contributed by atoms with E-state index in [4.69, 9.17) is 5.11 Å². The average molecular weight is 353 g/mol. The molecule has 2 aliphatic rings. The number of nitrogens with zero attached hydrogens (tertiary/aromatic N) is 2. The molecule has 1 fully saturated rings. The van der Waals surface area contributed by atoms with Crippen LogP contribution in [0.2, 0.25) is 0 Å². The Labute approximate surface area is 144 Å². The number of aliphatic hydroxyl groups excluding tert-OH is 1. The molecule has 6 heteroatoms. The van der Waals surface area contributed by atoms with Gasteiger partial charge in [0.1, 0.15) is 0 Å². The van der Waals surface area contributed by atoms with Gasteiger partial charge in [0.15, 0.2) is 0 Å². The zero-order valence-electron chi connectivity index (χ0n) is 12.7. The summed E-state index contributed by atoms with van der Waals surface area (Å²) in [6.45, 7) is 7.13. The lowest BCUT2D eigenvalue weighted by atomic mass is 10.2. The Bertz CT molecular complexity index is 380. The summed E-state index contributed by atoms with van der Waals surface area (Å²) >= 11 is 1.92. The number of aliphatic hydroxyl groups is 1. The fraction of sp³-hybridized carbons (Fsp3) is 0.600. The molecule has 1 saturated heterocycles. The number of rotatable bonds is 2. The van der Waals surface area contributed by atoms with Crippen LogP contribution >= 0.6 is 36.6 Å². The molecular weight excluding hydrogens is 327 g/mol. The van der Waals surface area contributed by atoms with E-state index in [0.717, 1.165) is 32.7 Å². The highest BCUT2D eigenvalue weighted by molar-refractivity contribution is 7.98. The molecule has 3 rings (SSSR count). The van der Waals surface area contributed by atoms with Crippen LogP contribution < -0.4 is 0 Å². The van der Waals surface area contributed by atoms with E-state index in [9.17, 15) is 0 Å². The Kier molecular flexibility index (Phi) is 10.7. The molecule has 2 aliphatic heterocycles. The molecule has 0 saturated carbocycles. The van der Waals surface area contributed by atoms with Gasteiger partial charge in [-0.05, 0) is 31.7 Å². The van der Waals surface area contributed by atoms with E-state index >= 15 is 0 Å². The van der Waals surface area contributed by atoms with Crippen LogP contribution in [0, 0.1) is 0 Å². The number of benzene rings is 1. The van der Waals surface area contributed by atoms with Gasteiger partial charge in [-0.3, -0.25) is 4.90 Å². The molecule has 1 N–H and O–H groups in total.